The van der Waals surface area contributed by atoms with Crippen LogP contribution in [0.15, 0.2) is 23.3 Å². The first-order valence-corrected chi connectivity index (χ1v) is 11.1. The summed E-state index contributed by atoms with van der Waals surface area (Å²) < 4.78 is 41.5. The Morgan fingerprint density at radius 1 is 1.36 bits per heavy atom. The number of fused-ring (bicyclic) bond motifs is 1. The number of H-pyrrole nitrogens is 1. The maximum absolute atomic E-state index is 13.8. The molecule has 1 saturated heterocycles. The van der Waals surface area contributed by atoms with Crippen molar-refractivity contribution in [2.24, 2.45) is 5.73 Å². The van der Waals surface area contributed by atoms with Gasteiger partial charge in [-0.3, -0.25) is 4.79 Å². The second-order valence-corrected chi connectivity index (χ2v) is 8.70. The molecule has 0 atom stereocenters. The van der Waals surface area contributed by atoms with Crippen LogP contribution >= 0.6 is 11.3 Å². The first-order chi connectivity index (χ1) is 15.6. The minimum atomic E-state index is -4.67. The summed E-state index contributed by atoms with van der Waals surface area (Å²) in [6, 6.07) is 1.11. The summed E-state index contributed by atoms with van der Waals surface area (Å²) in [6.45, 7) is 3.64. The highest BCUT2D eigenvalue weighted by molar-refractivity contribution is 7.21. The number of carbonyl (C=O) groups excluding carboxylic acids is 1. The van der Waals surface area contributed by atoms with Gasteiger partial charge in [0.05, 0.1) is 23.1 Å². The Morgan fingerprint density at radius 3 is 2.61 bits per heavy atom. The predicted octanol–water partition coefficient (Wildman–Crippen LogP) is 2.57. The van der Waals surface area contributed by atoms with Gasteiger partial charge in [0.1, 0.15) is 15.5 Å². The van der Waals surface area contributed by atoms with Gasteiger partial charge in [0.2, 0.25) is 0 Å². The second-order valence-electron chi connectivity index (χ2n) is 7.70. The minimum Gasteiger partial charge on any atom is -0.397 e. The van der Waals surface area contributed by atoms with Crippen LogP contribution in [-0.4, -0.2) is 46.5 Å². The number of hydrogen-bond donors (Lipinski definition) is 3. The summed E-state index contributed by atoms with van der Waals surface area (Å²) in [5.74, 6) is -0.707. The molecule has 1 fully saturated rings. The van der Waals surface area contributed by atoms with Crippen molar-refractivity contribution in [3.05, 3.63) is 39.4 Å². The summed E-state index contributed by atoms with van der Waals surface area (Å²) in [6.07, 6.45) is -0.208. The lowest BCUT2D eigenvalue weighted by Gasteiger charge is -2.39. The molecule has 0 saturated carbocycles. The lowest BCUT2D eigenvalue weighted by Crippen LogP contribution is -2.45. The molecule has 0 unspecified atom stereocenters. The number of carbonyl (C=O) groups is 1. The molecule has 4 rings (SSSR count). The van der Waals surface area contributed by atoms with Crippen LogP contribution in [-0.2, 0) is 6.18 Å². The van der Waals surface area contributed by atoms with Gasteiger partial charge in [0, 0.05) is 37.3 Å². The molecule has 1 aliphatic rings. The van der Waals surface area contributed by atoms with Crippen LogP contribution in [0, 0.1) is 0 Å². The number of amides is 1. The summed E-state index contributed by atoms with van der Waals surface area (Å²) >= 11 is 0.766. The summed E-state index contributed by atoms with van der Waals surface area (Å²) in [7, 11) is 0. The van der Waals surface area contributed by atoms with E-state index in [4.69, 9.17) is 11.5 Å². The molecule has 3 aromatic heterocycles. The third kappa shape index (κ3) is 4.32. The van der Waals surface area contributed by atoms with Crippen LogP contribution in [0.5, 0.6) is 0 Å². The molecule has 0 spiro atoms. The van der Waals surface area contributed by atoms with Crippen LogP contribution in [0.3, 0.4) is 0 Å². The zero-order valence-electron chi connectivity index (χ0n) is 17.6. The molecule has 4 heterocycles. The second kappa shape index (κ2) is 8.54. The Balaban J connectivity index is 1.62. The standard InChI is InChI=1S/C20H22F3N7O2S/c1-2-30(11-8-26-19(32)27-9-11)10-3-5-29(6-4-10)13-7-12(20(21,22)23)14-15(24)16(17(25)31)33-18(14)28-13/h7-10H,2-6,24H2,1H3,(H2,25,31)(H,26,27,32). The van der Waals surface area contributed by atoms with Gasteiger partial charge in [-0.2, -0.15) is 18.2 Å². The molecule has 0 aliphatic carbocycles. The molecule has 13 heteroatoms. The number of nitrogens with one attached hydrogen (secondary N) is 1. The summed E-state index contributed by atoms with van der Waals surface area (Å²) in [5.41, 5.74) is 10.2. The number of primary amides is 1. The molecule has 1 amide bonds. The third-order valence-electron chi connectivity index (χ3n) is 5.77. The fourth-order valence-electron chi connectivity index (χ4n) is 4.23. The fourth-order valence-corrected chi connectivity index (χ4v) is 5.19. The lowest BCUT2D eigenvalue weighted by molar-refractivity contribution is -0.136. The number of anilines is 3. The summed E-state index contributed by atoms with van der Waals surface area (Å²) in [4.78, 5) is 37.4. The molecule has 33 heavy (non-hydrogen) atoms. The number of nitrogens with zero attached hydrogens (tertiary/aromatic N) is 4. The Morgan fingerprint density at radius 2 is 2.06 bits per heavy atom. The number of aromatic nitrogens is 3. The maximum atomic E-state index is 13.8. The van der Waals surface area contributed by atoms with Crippen molar-refractivity contribution in [3.63, 3.8) is 0 Å². The molecule has 3 aromatic rings. The zero-order valence-corrected chi connectivity index (χ0v) is 18.5. The molecule has 0 aromatic carbocycles. The van der Waals surface area contributed by atoms with E-state index in [9.17, 15) is 22.8 Å². The van der Waals surface area contributed by atoms with Gasteiger partial charge in [-0.1, -0.05) is 0 Å². The highest BCUT2D eigenvalue weighted by Crippen LogP contribution is 2.43. The number of thiophene rings is 1. The Bertz CT molecular complexity index is 1230. The largest absolute Gasteiger partial charge is 0.417 e. The molecule has 1 aliphatic heterocycles. The van der Waals surface area contributed by atoms with Crippen LogP contribution in [0.25, 0.3) is 10.2 Å². The van der Waals surface area contributed by atoms with E-state index in [0.717, 1.165) is 23.1 Å². The highest BCUT2D eigenvalue weighted by Gasteiger charge is 2.37. The van der Waals surface area contributed by atoms with Crippen molar-refractivity contribution in [1.29, 1.82) is 0 Å². The van der Waals surface area contributed by atoms with Crippen LogP contribution in [0.2, 0.25) is 0 Å². The number of hydrogen-bond acceptors (Lipinski definition) is 8. The quantitative estimate of drug-likeness (QED) is 0.510. The van der Waals surface area contributed by atoms with E-state index < -0.39 is 23.3 Å². The van der Waals surface area contributed by atoms with Crippen molar-refractivity contribution in [3.8, 4) is 0 Å². The van der Waals surface area contributed by atoms with E-state index in [-0.39, 0.29) is 32.6 Å². The van der Waals surface area contributed by atoms with Crippen molar-refractivity contribution >= 4 is 44.7 Å². The number of pyridine rings is 1. The maximum Gasteiger partial charge on any atom is 0.417 e. The molecule has 5 N–H and O–H groups in total. The highest BCUT2D eigenvalue weighted by atomic mass is 32.1. The molecule has 0 radical (unpaired) electrons. The predicted molar refractivity (Wildman–Crippen MR) is 121 cm³/mol. The minimum absolute atomic E-state index is 0.0303. The van der Waals surface area contributed by atoms with Crippen molar-refractivity contribution in [2.45, 2.75) is 32.0 Å². The van der Waals surface area contributed by atoms with Crippen LogP contribution < -0.4 is 27.0 Å². The van der Waals surface area contributed by atoms with Gasteiger partial charge in [-0.25, -0.2) is 9.78 Å². The van der Waals surface area contributed by atoms with E-state index in [1.54, 1.807) is 11.1 Å². The first kappa shape index (κ1) is 22.8. The Labute approximate surface area is 190 Å². The lowest BCUT2D eigenvalue weighted by atomic mass is 10.0. The fraction of sp³-hybridized carbons (Fsp3) is 0.400. The number of piperidine rings is 1. The number of nitrogen functional groups attached to an aromatic ring is 1. The van der Waals surface area contributed by atoms with Gasteiger partial charge in [0.25, 0.3) is 5.91 Å². The van der Waals surface area contributed by atoms with Crippen molar-refractivity contribution in [1.82, 2.24) is 15.0 Å². The monoisotopic (exact) mass is 481 g/mol. The number of halogens is 3. The van der Waals surface area contributed by atoms with Crippen molar-refractivity contribution in [2.75, 3.05) is 35.2 Å². The average Bonchev–Trinajstić information content (AvgIpc) is 3.11. The Kier molecular flexibility index (Phi) is 5.91. The SMILES string of the molecule is CCN(c1cnc(=O)[nH]c1)C1CCN(c2cc(C(F)(F)F)c3c(N)c(C(N)=O)sc3n2)CC1. The van der Waals surface area contributed by atoms with Crippen LogP contribution in [0.4, 0.5) is 30.4 Å². The molecule has 176 valence electrons. The summed E-state index contributed by atoms with van der Waals surface area (Å²) in [5, 5.41) is -0.289. The molecular formula is C20H22F3N7O2S. The van der Waals surface area contributed by atoms with Crippen molar-refractivity contribution < 1.29 is 18.0 Å². The zero-order chi connectivity index (χ0) is 23.9. The smallest absolute Gasteiger partial charge is 0.397 e. The topological polar surface area (TPSA) is 134 Å². The van der Waals surface area contributed by atoms with E-state index in [1.807, 2.05) is 6.92 Å². The average molecular weight is 482 g/mol. The number of alkyl halides is 3. The van der Waals surface area contributed by atoms with E-state index >= 15 is 0 Å². The van der Waals surface area contributed by atoms with E-state index in [1.165, 1.54) is 6.20 Å². The van der Waals surface area contributed by atoms with Gasteiger partial charge in [-0.05, 0) is 25.8 Å². The normalized spacial score (nSPS) is 15.2. The number of rotatable bonds is 5. The Hall–Kier alpha value is -3.35. The van der Waals surface area contributed by atoms with Gasteiger partial charge in [-0.15, -0.1) is 11.3 Å². The number of aromatic amines is 1. The molecule has 0 bridgehead atoms. The van der Waals surface area contributed by atoms with Gasteiger partial charge >= 0.3 is 11.9 Å². The van der Waals surface area contributed by atoms with Gasteiger partial charge in [0.15, 0.2) is 0 Å². The first-order valence-electron chi connectivity index (χ1n) is 10.3. The number of nitrogens with two attached hydrogens (primary N) is 2. The van der Waals surface area contributed by atoms with Crippen LogP contribution in [0.1, 0.15) is 35.0 Å². The van der Waals surface area contributed by atoms with Gasteiger partial charge < -0.3 is 26.3 Å². The van der Waals surface area contributed by atoms with E-state index in [0.29, 0.717) is 32.5 Å². The van der Waals surface area contributed by atoms with E-state index in [2.05, 4.69) is 19.9 Å². The molecular weight excluding hydrogens is 459 g/mol. The third-order valence-corrected chi connectivity index (χ3v) is 6.89. The molecule has 9 nitrogen and oxygen atoms in total.